The fourth-order valence-corrected chi connectivity index (χ4v) is 2.44. The second-order valence-electron chi connectivity index (χ2n) is 4.37. The molecule has 1 aromatic carbocycles. The van der Waals surface area contributed by atoms with Gasteiger partial charge in [-0.1, -0.05) is 11.8 Å². The van der Waals surface area contributed by atoms with Gasteiger partial charge in [0.05, 0.1) is 0 Å². The van der Waals surface area contributed by atoms with Crippen molar-refractivity contribution in [2.75, 3.05) is 24.9 Å². The van der Waals surface area contributed by atoms with Crippen LogP contribution in [0.15, 0.2) is 23.4 Å². The van der Waals surface area contributed by atoms with Crippen molar-refractivity contribution in [1.29, 1.82) is 0 Å². The Morgan fingerprint density at radius 3 is 2.81 bits per heavy atom. The molecule has 1 amide bonds. The molecule has 2 aromatic rings. The fraction of sp³-hybridized carbons (Fsp3) is 0.308. The molecule has 1 aliphatic heterocycles. The summed E-state index contributed by atoms with van der Waals surface area (Å²) in [5, 5.41) is 8.53. The van der Waals surface area contributed by atoms with E-state index in [4.69, 9.17) is 9.47 Å². The van der Waals surface area contributed by atoms with E-state index in [1.54, 1.807) is 29.8 Å². The van der Waals surface area contributed by atoms with E-state index >= 15 is 0 Å². The quantitative estimate of drug-likeness (QED) is 0.865. The average molecular weight is 306 g/mol. The van der Waals surface area contributed by atoms with Crippen LogP contribution in [0.5, 0.6) is 11.5 Å². The zero-order chi connectivity index (χ0) is 14.8. The van der Waals surface area contributed by atoms with Crippen LogP contribution in [0.3, 0.4) is 0 Å². The van der Waals surface area contributed by atoms with Gasteiger partial charge in [-0.2, -0.15) is 0 Å². The number of aromatic nitrogens is 3. The molecule has 8 heteroatoms. The molecule has 1 aromatic heterocycles. The standard InChI is InChI=1S/C13H14N4O3S/c1-8-14-15-13(21-2)17(8)16-12(18)9-3-4-10-11(7-9)20-6-5-19-10/h3-4,7H,5-6H2,1-2H3,(H,16,18). The number of carbonyl (C=O) groups excluding carboxylic acids is 1. The molecule has 0 aliphatic carbocycles. The van der Waals surface area contributed by atoms with Gasteiger partial charge in [0.2, 0.25) is 5.16 Å². The van der Waals surface area contributed by atoms with Gasteiger partial charge in [0.25, 0.3) is 5.91 Å². The molecule has 1 N–H and O–H groups in total. The highest BCUT2D eigenvalue weighted by atomic mass is 32.2. The number of hydrogen-bond donors (Lipinski definition) is 1. The third-order valence-electron chi connectivity index (χ3n) is 3.00. The highest BCUT2D eigenvalue weighted by Gasteiger charge is 2.17. The zero-order valence-corrected chi connectivity index (χ0v) is 12.4. The second kappa shape index (κ2) is 5.65. The van der Waals surface area contributed by atoms with Gasteiger partial charge in [-0.15, -0.1) is 10.2 Å². The number of nitrogens with zero attached hydrogens (tertiary/aromatic N) is 3. The minimum Gasteiger partial charge on any atom is -0.486 e. The summed E-state index contributed by atoms with van der Waals surface area (Å²) in [4.78, 5) is 12.3. The van der Waals surface area contributed by atoms with Crippen molar-refractivity contribution in [1.82, 2.24) is 14.9 Å². The topological polar surface area (TPSA) is 78.3 Å². The van der Waals surface area contributed by atoms with Crippen molar-refractivity contribution in [2.45, 2.75) is 12.1 Å². The van der Waals surface area contributed by atoms with E-state index in [0.29, 0.717) is 41.3 Å². The zero-order valence-electron chi connectivity index (χ0n) is 11.6. The van der Waals surface area contributed by atoms with Gasteiger partial charge < -0.3 is 9.47 Å². The lowest BCUT2D eigenvalue weighted by atomic mass is 10.2. The van der Waals surface area contributed by atoms with Crippen molar-refractivity contribution in [3.05, 3.63) is 29.6 Å². The van der Waals surface area contributed by atoms with E-state index in [2.05, 4.69) is 15.6 Å². The number of amides is 1. The molecule has 0 saturated heterocycles. The molecule has 0 atom stereocenters. The Hall–Kier alpha value is -2.22. The third-order valence-corrected chi connectivity index (χ3v) is 3.62. The van der Waals surface area contributed by atoms with Gasteiger partial charge in [-0.3, -0.25) is 10.2 Å². The van der Waals surface area contributed by atoms with Gasteiger partial charge >= 0.3 is 0 Å². The molecule has 0 radical (unpaired) electrons. The maximum Gasteiger partial charge on any atom is 0.270 e. The number of aryl methyl sites for hydroxylation is 1. The van der Waals surface area contributed by atoms with Crippen LogP contribution in [0.2, 0.25) is 0 Å². The lowest BCUT2D eigenvalue weighted by molar-refractivity contribution is 0.100. The number of hydrogen-bond acceptors (Lipinski definition) is 6. The Morgan fingerprint density at radius 2 is 2.05 bits per heavy atom. The number of nitrogens with one attached hydrogen (secondary N) is 1. The first kappa shape index (κ1) is 13.7. The van der Waals surface area contributed by atoms with Crippen LogP contribution >= 0.6 is 11.8 Å². The van der Waals surface area contributed by atoms with Crippen LogP contribution < -0.4 is 14.9 Å². The molecular weight excluding hydrogens is 292 g/mol. The molecular formula is C13H14N4O3S. The molecule has 0 bridgehead atoms. The Labute approximate surface area is 125 Å². The predicted octanol–water partition coefficient (Wildman–Crippen LogP) is 1.46. The molecule has 0 spiro atoms. The summed E-state index contributed by atoms with van der Waals surface area (Å²) in [5.41, 5.74) is 3.25. The summed E-state index contributed by atoms with van der Waals surface area (Å²) < 4.78 is 12.5. The lowest BCUT2D eigenvalue weighted by Gasteiger charge is -2.18. The van der Waals surface area contributed by atoms with Crippen LogP contribution in [0, 0.1) is 6.92 Å². The Kier molecular flexibility index (Phi) is 3.70. The van der Waals surface area contributed by atoms with Crippen molar-refractivity contribution in [3.8, 4) is 11.5 Å². The number of ether oxygens (including phenoxy) is 2. The summed E-state index contributed by atoms with van der Waals surface area (Å²) in [6, 6.07) is 5.10. The lowest BCUT2D eigenvalue weighted by Crippen LogP contribution is -2.25. The smallest absolute Gasteiger partial charge is 0.270 e. The SMILES string of the molecule is CSc1nnc(C)n1NC(=O)c1ccc2c(c1)OCCO2. The predicted molar refractivity (Wildman–Crippen MR) is 77.7 cm³/mol. The monoisotopic (exact) mass is 306 g/mol. The summed E-state index contributed by atoms with van der Waals surface area (Å²) in [5.74, 6) is 1.60. The van der Waals surface area contributed by atoms with Crippen molar-refractivity contribution >= 4 is 17.7 Å². The third kappa shape index (κ3) is 2.66. The van der Waals surface area contributed by atoms with Gasteiger partial charge in [0.15, 0.2) is 11.5 Å². The van der Waals surface area contributed by atoms with Crippen molar-refractivity contribution in [3.63, 3.8) is 0 Å². The number of fused-ring (bicyclic) bond motifs is 1. The van der Waals surface area contributed by atoms with E-state index < -0.39 is 0 Å². The Bertz CT molecular complexity index is 686. The molecule has 2 heterocycles. The Balaban J connectivity index is 1.84. The first-order valence-corrected chi connectivity index (χ1v) is 7.58. The molecule has 3 rings (SSSR count). The van der Waals surface area contributed by atoms with Crippen LogP contribution in [-0.4, -0.2) is 40.3 Å². The number of benzene rings is 1. The van der Waals surface area contributed by atoms with Crippen LogP contribution in [0.1, 0.15) is 16.2 Å². The molecule has 0 fully saturated rings. The van der Waals surface area contributed by atoms with Crippen LogP contribution in [-0.2, 0) is 0 Å². The van der Waals surface area contributed by atoms with Crippen LogP contribution in [0.4, 0.5) is 0 Å². The maximum absolute atomic E-state index is 12.3. The number of rotatable bonds is 3. The maximum atomic E-state index is 12.3. The number of thioether (sulfide) groups is 1. The molecule has 0 saturated carbocycles. The highest BCUT2D eigenvalue weighted by Crippen LogP contribution is 2.30. The van der Waals surface area contributed by atoms with Crippen LogP contribution in [0.25, 0.3) is 0 Å². The van der Waals surface area contributed by atoms with E-state index in [9.17, 15) is 4.79 Å². The molecule has 0 unspecified atom stereocenters. The highest BCUT2D eigenvalue weighted by molar-refractivity contribution is 7.98. The normalized spacial score (nSPS) is 13.0. The molecule has 1 aliphatic rings. The van der Waals surface area contributed by atoms with Gasteiger partial charge in [0.1, 0.15) is 19.0 Å². The van der Waals surface area contributed by atoms with E-state index in [1.165, 1.54) is 11.8 Å². The first-order chi connectivity index (χ1) is 10.2. The first-order valence-electron chi connectivity index (χ1n) is 6.36. The minimum absolute atomic E-state index is 0.259. The van der Waals surface area contributed by atoms with E-state index in [1.807, 2.05) is 6.26 Å². The molecule has 7 nitrogen and oxygen atoms in total. The van der Waals surface area contributed by atoms with Crippen molar-refractivity contribution < 1.29 is 14.3 Å². The minimum atomic E-state index is -0.259. The van der Waals surface area contributed by atoms with Gasteiger partial charge in [-0.25, -0.2) is 4.68 Å². The van der Waals surface area contributed by atoms with Gasteiger partial charge in [-0.05, 0) is 31.4 Å². The molecule has 21 heavy (non-hydrogen) atoms. The molecule has 110 valence electrons. The average Bonchev–Trinajstić information content (AvgIpc) is 2.87. The van der Waals surface area contributed by atoms with E-state index in [-0.39, 0.29) is 5.91 Å². The Morgan fingerprint density at radius 1 is 1.29 bits per heavy atom. The fourth-order valence-electron chi connectivity index (χ4n) is 1.95. The summed E-state index contributed by atoms with van der Waals surface area (Å²) in [6.07, 6.45) is 1.87. The van der Waals surface area contributed by atoms with Gasteiger partial charge in [0, 0.05) is 5.56 Å². The summed E-state index contributed by atoms with van der Waals surface area (Å²) in [7, 11) is 0. The summed E-state index contributed by atoms with van der Waals surface area (Å²) >= 11 is 1.41. The summed E-state index contributed by atoms with van der Waals surface area (Å²) in [6.45, 7) is 2.78. The number of carbonyl (C=O) groups is 1. The van der Waals surface area contributed by atoms with Crippen molar-refractivity contribution in [2.24, 2.45) is 0 Å². The van der Waals surface area contributed by atoms with E-state index in [0.717, 1.165) is 0 Å². The largest absolute Gasteiger partial charge is 0.486 e. The second-order valence-corrected chi connectivity index (χ2v) is 5.14.